The number of aliphatic hydroxyl groups is 1. The Bertz CT molecular complexity index is 263. The summed E-state index contributed by atoms with van der Waals surface area (Å²) >= 11 is 0. The maximum absolute atomic E-state index is 11.9. The monoisotopic (exact) mass is 255 g/mol. The lowest BCUT2D eigenvalue weighted by Gasteiger charge is -2.27. The molecule has 0 spiro atoms. The van der Waals surface area contributed by atoms with Gasteiger partial charge in [-0.3, -0.25) is 4.79 Å². The van der Waals surface area contributed by atoms with Gasteiger partial charge in [-0.05, 0) is 36.5 Å². The van der Waals surface area contributed by atoms with Crippen LogP contribution in [0, 0.1) is 17.3 Å². The fraction of sp³-hybridized carbons (Fsp3) is 0.933. The summed E-state index contributed by atoms with van der Waals surface area (Å²) in [6.07, 6.45) is 6.41. The molecule has 0 saturated heterocycles. The molecule has 0 heterocycles. The van der Waals surface area contributed by atoms with E-state index in [4.69, 9.17) is 5.11 Å². The fourth-order valence-electron chi connectivity index (χ4n) is 2.81. The van der Waals surface area contributed by atoms with E-state index < -0.39 is 0 Å². The number of hydrogen-bond acceptors (Lipinski definition) is 2. The lowest BCUT2D eigenvalue weighted by atomic mass is 9.80. The van der Waals surface area contributed by atoms with E-state index >= 15 is 0 Å². The lowest BCUT2D eigenvalue weighted by Crippen LogP contribution is -2.35. The molecule has 3 nitrogen and oxygen atoms in total. The van der Waals surface area contributed by atoms with Crippen molar-refractivity contribution in [1.82, 2.24) is 5.32 Å². The number of carbonyl (C=O) groups excluding carboxylic acids is 1. The van der Waals surface area contributed by atoms with E-state index in [-0.39, 0.29) is 17.9 Å². The smallest absolute Gasteiger partial charge is 0.220 e. The molecule has 2 unspecified atom stereocenters. The van der Waals surface area contributed by atoms with Gasteiger partial charge in [0.15, 0.2) is 0 Å². The van der Waals surface area contributed by atoms with Gasteiger partial charge < -0.3 is 10.4 Å². The van der Waals surface area contributed by atoms with Gasteiger partial charge in [-0.15, -0.1) is 0 Å². The van der Waals surface area contributed by atoms with Gasteiger partial charge in [0.2, 0.25) is 5.91 Å². The second-order valence-corrected chi connectivity index (χ2v) is 6.76. The minimum absolute atomic E-state index is 0.00966. The quantitative estimate of drug-likeness (QED) is 0.766. The zero-order valence-electron chi connectivity index (χ0n) is 12.2. The summed E-state index contributed by atoms with van der Waals surface area (Å²) in [4.78, 5) is 11.9. The predicted molar refractivity (Wildman–Crippen MR) is 74.2 cm³/mol. The van der Waals surface area contributed by atoms with Crippen molar-refractivity contribution in [2.45, 2.75) is 59.3 Å². The van der Waals surface area contributed by atoms with Crippen molar-refractivity contribution in [3.63, 3.8) is 0 Å². The van der Waals surface area contributed by atoms with Gasteiger partial charge in [0.05, 0.1) is 0 Å². The molecular weight excluding hydrogens is 226 g/mol. The highest BCUT2D eigenvalue weighted by molar-refractivity contribution is 5.76. The van der Waals surface area contributed by atoms with Crippen molar-refractivity contribution in [1.29, 1.82) is 0 Å². The third-order valence-corrected chi connectivity index (χ3v) is 4.07. The summed E-state index contributed by atoms with van der Waals surface area (Å²) < 4.78 is 0. The number of nitrogens with one attached hydrogen (secondary N) is 1. The molecule has 1 rings (SSSR count). The van der Waals surface area contributed by atoms with Crippen LogP contribution in [-0.2, 0) is 4.79 Å². The second kappa shape index (κ2) is 7.13. The molecule has 0 aromatic rings. The Kier molecular flexibility index (Phi) is 6.13. The Morgan fingerprint density at radius 2 is 2.11 bits per heavy atom. The van der Waals surface area contributed by atoms with Crippen LogP contribution in [0.2, 0.25) is 0 Å². The molecule has 18 heavy (non-hydrogen) atoms. The summed E-state index contributed by atoms with van der Waals surface area (Å²) in [6, 6.07) is 0. The molecule has 1 fully saturated rings. The van der Waals surface area contributed by atoms with Gasteiger partial charge >= 0.3 is 0 Å². The Morgan fingerprint density at radius 3 is 2.72 bits per heavy atom. The van der Waals surface area contributed by atoms with Crippen LogP contribution in [0.15, 0.2) is 0 Å². The number of carbonyl (C=O) groups is 1. The standard InChI is InChI=1S/C15H29NO2/c1-12-5-4-6-13(9-12)10-14(18)16-11-15(2,3)7-8-17/h12-13,17H,4-11H2,1-3H3,(H,16,18). The summed E-state index contributed by atoms with van der Waals surface area (Å²) in [6.45, 7) is 7.28. The highest BCUT2D eigenvalue weighted by Crippen LogP contribution is 2.30. The molecule has 0 aromatic carbocycles. The van der Waals surface area contributed by atoms with Crippen molar-refractivity contribution >= 4 is 5.91 Å². The van der Waals surface area contributed by atoms with Crippen LogP contribution in [0.5, 0.6) is 0 Å². The van der Waals surface area contributed by atoms with Crippen LogP contribution < -0.4 is 5.32 Å². The van der Waals surface area contributed by atoms with Crippen LogP contribution in [0.25, 0.3) is 0 Å². The normalized spacial score (nSPS) is 24.9. The summed E-state index contributed by atoms with van der Waals surface area (Å²) in [5, 5.41) is 12.0. The predicted octanol–water partition coefficient (Wildman–Crippen LogP) is 2.73. The Balaban J connectivity index is 2.24. The van der Waals surface area contributed by atoms with E-state index in [1.54, 1.807) is 0 Å². The highest BCUT2D eigenvalue weighted by Gasteiger charge is 2.23. The number of rotatable bonds is 6. The number of amides is 1. The van der Waals surface area contributed by atoms with Crippen LogP contribution in [-0.4, -0.2) is 24.2 Å². The highest BCUT2D eigenvalue weighted by atomic mass is 16.3. The molecule has 0 aromatic heterocycles. The second-order valence-electron chi connectivity index (χ2n) is 6.76. The minimum Gasteiger partial charge on any atom is -0.396 e. The molecule has 2 atom stereocenters. The molecule has 0 bridgehead atoms. The van der Waals surface area contributed by atoms with Crippen LogP contribution in [0.1, 0.15) is 59.3 Å². The average Bonchev–Trinajstić information content (AvgIpc) is 2.26. The van der Waals surface area contributed by atoms with Crippen molar-refractivity contribution in [3.8, 4) is 0 Å². The fourth-order valence-corrected chi connectivity index (χ4v) is 2.81. The van der Waals surface area contributed by atoms with Gasteiger partial charge in [0.1, 0.15) is 0 Å². The van der Waals surface area contributed by atoms with Crippen molar-refractivity contribution in [2.24, 2.45) is 17.3 Å². The third kappa shape index (κ3) is 5.85. The molecule has 106 valence electrons. The lowest BCUT2D eigenvalue weighted by molar-refractivity contribution is -0.122. The first kappa shape index (κ1) is 15.5. The first-order valence-electron chi connectivity index (χ1n) is 7.30. The SMILES string of the molecule is CC1CCCC(CC(=O)NCC(C)(C)CCO)C1. The molecule has 1 aliphatic rings. The van der Waals surface area contributed by atoms with E-state index in [2.05, 4.69) is 26.1 Å². The maximum atomic E-state index is 11.9. The number of aliphatic hydroxyl groups excluding tert-OH is 1. The molecule has 0 radical (unpaired) electrons. The van der Waals surface area contributed by atoms with Crippen molar-refractivity contribution < 1.29 is 9.90 Å². The molecule has 1 amide bonds. The van der Waals surface area contributed by atoms with E-state index in [0.717, 1.165) is 12.3 Å². The Hall–Kier alpha value is -0.570. The third-order valence-electron chi connectivity index (χ3n) is 4.07. The van der Waals surface area contributed by atoms with Crippen LogP contribution >= 0.6 is 0 Å². The van der Waals surface area contributed by atoms with Crippen molar-refractivity contribution in [2.75, 3.05) is 13.2 Å². The van der Waals surface area contributed by atoms with E-state index in [1.807, 2.05) is 0 Å². The maximum Gasteiger partial charge on any atom is 0.220 e. The molecule has 1 aliphatic carbocycles. The molecule has 3 heteroatoms. The molecule has 1 saturated carbocycles. The van der Waals surface area contributed by atoms with Gasteiger partial charge in [-0.1, -0.05) is 33.6 Å². The largest absolute Gasteiger partial charge is 0.396 e. The zero-order chi connectivity index (χ0) is 13.6. The molecular formula is C15H29NO2. The first-order chi connectivity index (χ1) is 8.43. The first-order valence-corrected chi connectivity index (χ1v) is 7.30. The van der Waals surface area contributed by atoms with Gasteiger partial charge in [-0.2, -0.15) is 0 Å². The number of hydrogen-bond donors (Lipinski definition) is 2. The van der Waals surface area contributed by atoms with Crippen LogP contribution in [0.3, 0.4) is 0 Å². The van der Waals surface area contributed by atoms with Crippen molar-refractivity contribution in [3.05, 3.63) is 0 Å². The van der Waals surface area contributed by atoms with E-state index in [9.17, 15) is 4.79 Å². The summed E-state index contributed by atoms with van der Waals surface area (Å²) in [5.41, 5.74) is -0.00966. The summed E-state index contributed by atoms with van der Waals surface area (Å²) in [5.74, 6) is 1.54. The summed E-state index contributed by atoms with van der Waals surface area (Å²) in [7, 11) is 0. The van der Waals surface area contributed by atoms with Gasteiger partial charge in [-0.25, -0.2) is 0 Å². The Labute approximate surface area is 111 Å². The molecule has 2 N–H and O–H groups in total. The van der Waals surface area contributed by atoms with Gasteiger partial charge in [0.25, 0.3) is 0 Å². The van der Waals surface area contributed by atoms with Gasteiger partial charge in [0, 0.05) is 19.6 Å². The molecule has 0 aliphatic heterocycles. The topological polar surface area (TPSA) is 49.3 Å². The average molecular weight is 255 g/mol. The van der Waals surface area contributed by atoms with E-state index in [1.165, 1.54) is 25.7 Å². The zero-order valence-corrected chi connectivity index (χ0v) is 12.2. The minimum atomic E-state index is -0.00966. The van der Waals surface area contributed by atoms with Crippen LogP contribution in [0.4, 0.5) is 0 Å². The van der Waals surface area contributed by atoms with E-state index in [0.29, 0.717) is 18.9 Å². The Morgan fingerprint density at radius 1 is 1.39 bits per heavy atom.